The van der Waals surface area contributed by atoms with E-state index in [1.54, 1.807) is 0 Å². The third-order valence-corrected chi connectivity index (χ3v) is 1.91. The maximum Gasteiger partial charge on any atom is 2.00 e. The van der Waals surface area contributed by atoms with Gasteiger partial charge in [0.1, 0.15) is 0 Å². The van der Waals surface area contributed by atoms with Crippen LogP contribution in [0, 0.1) is 0 Å². The molecule has 0 saturated carbocycles. The summed E-state index contributed by atoms with van der Waals surface area (Å²) in [6.45, 7) is 0. The van der Waals surface area contributed by atoms with Gasteiger partial charge in [-0.3, -0.25) is 0 Å². The van der Waals surface area contributed by atoms with Crippen LogP contribution in [-0.2, 0) is 13.4 Å². The Labute approximate surface area is 206 Å². The van der Waals surface area contributed by atoms with Gasteiger partial charge in [0.15, 0.2) is 0 Å². The predicted octanol–water partition coefficient (Wildman–Crippen LogP) is -1.43. The van der Waals surface area contributed by atoms with Crippen LogP contribution in [0.3, 0.4) is 0 Å². The number of rotatable bonds is 2. The first kappa shape index (κ1) is 31.0. The maximum atomic E-state index is 9.63. The summed E-state index contributed by atoms with van der Waals surface area (Å²) in [4.78, 5) is 31.0. The van der Waals surface area contributed by atoms with E-state index in [-0.39, 0.29) is 162 Å². The summed E-state index contributed by atoms with van der Waals surface area (Å²) in [5.41, 5.74) is 0. The monoisotopic (exact) mass is 346 g/mol. The summed E-state index contributed by atoms with van der Waals surface area (Å²) in [5, 5.41) is 0. The van der Waals surface area contributed by atoms with Gasteiger partial charge in [0.25, 0.3) is 0 Å². The molecule has 0 fully saturated rings. The van der Waals surface area contributed by atoms with Crippen LogP contribution in [0.15, 0.2) is 0 Å². The van der Waals surface area contributed by atoms with Crippen LogP contribution in [0.5, 0.6) is 0 Å². The molecule has 0 unspecified atom stereocenters. The van der Waals surface area contributed by atoms with Gasteiger partial charge in [-0.2, -0.15) is 4.31 Å². The molecule has 7 nitrogen and oxygen atoms in total. The zero-order valence-electron chi connectivity index (χ0n) is 14.7. The Balaban J connectivity index is -0.00000000485. The van der Waals surface area contributed by atoms with E-state index in [9.17, 15) is 9.13 Å². The van der Waals surface area contributed by atoms with Crippen molar-refractivity contribution in [2.75, 3.05) is 0 Å². The van der Waals surface area contributed by atoms with Crippen LogP contribution in [0.1, 0.15) is 11.4 Å². The Bertz CT molecular complexity index is 179. The molecule has 0 bridgehead atoms. The van der Waals surface area contributed by atoms with Crippen LogP contribution in [0.4, 0.5) is 0 Å². The van der Waals surface area contributed by atoms with Crippen molar-refractivity contribution in [3.63, 3.8) is 0 Å². The molecule has 0 aromatic carbocycles. The second-order valence-electron chi connectivity index (χ2n) is 1.06. The maximum absolute atomic E-state index is 9.63. The van der Waals surface area contributed by atoms with Gasteiger partial charge in [-0.15, -0.1) is 0 Å². The Morgan fingerprint density at radius 2 is 0.923 bits per heavy atom. The average molecular weight is 346 g/mol. The Morgan fingerprint density at radius 3 is 0.923 bits per heavy atom. The van der Waals surface area contributed by atoms with Gasteiger partial charge >= 0.3 is 167 Å². The second kappa shape index (κ2) is 13.7. The standard InChI is InChI=1S/4Ca.H4O7P2.8H/c;;;;1-8(2,3)7-9(4,5)6;;;;;;;;/h;;;;(H2,1,2,3)(H2,4,5,6);;;;;;;;/q4*+2;;8*-1. The molecule has 0 heterocycles. The van der Waals surface area contributed by atoms with Gasteiger partial charge in [-0.1, -0.05) is 0 Å². The van der Waals surface area contributed by atoms with E-state index in [1.807, 2.05) is 0 Å². The molecule has 0 radical (unpaired) electrons. The van der Waals surface area contributed by atoms with Crippen molar-refractivity contribution in [3.8, 4) is 0 Å². The molecule has 13 heavy (non-hydrogen) atoms. The summed E-state index contributed by atoms with van der Waals surface area (Å²) < 4.78 is 22.2. The average Bonchev–Trinajstić information content (AvgIpc) is 1.14. The molecule has 0 aliphatic carbocycles. The minimum Gasteiger partial charge on any atom is -1.00 e. The van der Waals surface area contributed by atoms with E-state index in [4.69, 9.17) is 19.6 Å². The molecular weight excluding hydrogens is 334 g/mol. The van der Waals surface area contributed by atoms with Crippen LogP contribution >= 0.6 is 15.6 Å². The molecule has 13 heteroatoms. The topological polar surface area (TPSA) is 124 Å². The predicted molar refractivity (Wildman–Crippen MR) is 57.1 cm³/mol. The number of phosphoric acid groups is 2. The first-order chi connectivity index (χ1) is 3.71. The van der Waals surface area contributed by atoms with E-state index in [1.165, 1.54) is 0 Å². The molecule has 0 aliphatic rings. The molecule has 4 N–H and O–H groups in total. The van der Waals surface area contributed by atoms with Gasteiger partial charge in [0.2, 0.25) is 0 Å². The smallest absolute Gasteiger partial charge is 1.00 e. The van der Waals surface area contributed by atoms with Crippen molar-refractivity contribution >= 4 is 167 Å². The third kappa shape index (κ3) is 31.7. The normalized spacial score (nSPS) is 9.54. The molecule has 0 amide bonds. The van der Waals surface area contributed by atoms with E-state index < -0.39 is 15.6 Å². The molecule has 0 atom stereocenters. The summed E-state index contributed by atoms with van der Waals surface area (Å²) >= 11 is 0. The van der Waals surface area contributed by atoms with E-state index in [0.29, 0.717) is 0 Å². The van der Waals surface area contributed by atoms with Crippen LogP contribution in [-0.4, -0.2) is 171 Å². The molecule has 0 aromatic heterocycles. The Kier molecular flexibility index (Phi) is 32.7. The first-order valence-corrected chi connectivity index (χ1v) is 4.59. The summed E-state index contributed by atoms with van der Waals surface area (Å²) in [5.74, 6) is 0. The molecule has 0 rings (SSSR count). The van der Waals surface area contributed by atoms with Crippen molar-refractivity contribution in [2.24, 2.45) is 0 Å². The summed E-state index contributed by atoms with van der Waals surface area (Å²) in [6, 6.07) is 0. The molecule has 0 aliphatic heterocycles. The quantitative estimate of drug-likeness (QED) is 0.357. The fourth-order valence-corrected chi connectivity index (χ4v) is 1.25. The zero-order chi connectivity index (χ0) is 7.71. The fraction of sp³-hybridized carbons (Fsp3) is 0. The third-order valence-electron chi connectivity index (χ3n) is 0.213. The van der Waals surface area contributed by atoms with Gasteiger partial charge in [0.05, 0.1) is 0 Å². The molecule has 0 aromatic rings. The van der Waals surface area contributed by atoms with Crippen molar-refractivity contribution in [1.82, 2.24) is 0 Å². The largest absolute Gasteiger partial charge is 2.00 e. The zero-order valence-corrected chi connectivity index (χ0v) is 17.4. The van der Waals surface area contributed by atoms with E-state index in [2.05, 4.69) is 4.31 Å². The first-order valence-electron chi connectivity index (χ1n) is 1.53. The molecule has 72 valence electrons. The Hall–Kier alpha value is 5.30. The molecule has 0 saturated heterocycles. The summed E-state index contributed by atoms with van der Waals surface area (Å²) in [6.07, 6.45) is 0. The number of hydrogen-bond donors (Lipinski definition) is 4. The minimum absolute atomic E-state index is 0. The van der Waals surface area contributed by atoms with Crippen molar-refractivity contribution in [3.05, 3.63) is 0 Å². The fourth-order valence-electron chi connectivity index (χ4n) is 0.139. The Morgan fingerprint density at radius 1 is 0.769 bits per heavy atom. The van der Waals surface area contributed by atoms with Crippen molar-refractivity contribution in [2.45, 2.75) is 0 Å². The second-order valence-corrected chi connectivity index (χ2v) is 3.68. The van der Waals surface area contributed by atoms with Crippen LogP contribution < -0.4 is 0 Å². The van der Waals surface area contributed by atoms with Gasteiger partial charge in [-0.25, -0.2) is 9.13 Å². The number of hydrogen-bond acceptors (Lipinski definition) is 3. The van der Waals surface area contributed by atoms with E-state index in [0.717, 1.165) is 0 Å². The minimum atomic E-state index is -5.05. The van der Waals surface area contributed by atoms with Gasteiger partial charge in [0, 0.05) is 0 Å². The van der Waals surface area contributed by atoms with Gasteiger partial charge < -0.3 is 31.0 Å². The van der Waals surface area contributed by atoms with Gasteiger partial charge in [-0.05, 0) is 0 Å². The van der Waals surface area contributed by atoms with Crippen LogP contribution in [0.2, 0.25) is 0 Å². The van der Waals surface area contributed by atoms with E-state index >= 15 is 0 Å². The molecule has 0 spiro atoms. The molecular formula is H12Ca4O7P2. The van der Waals surface area contributed by atoms with Crippen molar-refractivity contribution in [1.29, 1.82) is 0 Å². The van der Waals surface area contributed by atoms with Crippen molar-refractivity contribution < 1.29 is 44.4 Å². The SMILES string of the molecule is O=P(O)(O)OP(=O)(O)O.[Ca+2].[Ca+2].[Ca+2].[Ca+2].[H-].[H-].[H-].[H-].[H-].[H-].[H-].[H-]. The van der Waals surface area contributed by atoms with Crippen LogP contribution in [0.25, 0.3) is 0 Å². The summed E-state index contributed by atoms with van der Waals surface area (Å²) in [7, 11) is -10.1.